The molecule has 0 bridgehead atoms. The smallest absolute Gasteiger partial charge is 0.238 e. The predicted molar refractivity (Wildman–Crippen MR) is 120 cm³/mol. The Labute approximate surface area is 176 Å². The summed E-state index contributed by atoms with van der Waals surface area (Å²) in [6, 6.07) is 19.6. The molecule has 5 heteroatoms. The van der Waals surface area contributed by atoms with Crippen molar-refractivity contribution >= 4 is 28.7 Å². The minimum atomic E-state index is -0.147. The van der Waals surface area contributed by atoms with Crippen molar-refractivity contribution in [3.63, 3.8) is 0 Å². The third kappa shape index (κ3) is 5.62. The molecule has 29 heavy (non-hydrogen) atoms. The second kappa shape index (κ2) is 9.63. The average Bonchev–Trinajstić information content (AvgIpc) is 3.23. The molecule has 2 aromatic carbocycles. The summed E-state index contributed by atoms with van der Waals surface area (Å²) in [5.74, 6) is 0.307. The zero-order valence-corrected chi connectivity index (χ0v) is 17.8. The van der Waals surface area contributed by atoms with Crippen molar-refractivity contribution in [3.8, 4) is 0 Å². The fourth-order valence-corrected chi connectivity index (χ4v) is 3.95. The van der Waals surface area contributed by atoms with E-state index in [4.69, 9.17) is 0 Å². The van der Waals surface area contributed by atoms with E-state index in [0.29, 0.717) is 17.2 Å². The second-order valence-corrected chi connectivity index (χ2v) is 8.32. The Morgan fingerprint density at radius 3 is 2.31 bits per heavy atom. The third-order valence-corrected chi connectivity index (χ3v) is 5.72. The highest BCUT2D eigenvalue weighted by Crippen LogP contribution is 2.27. The van der Waals surface area contributed by atoms with Gasteiger partial charge in [-0.2, -0.15) is 0 Å². The largest absolute Gasteiger partial charge is 0.325 e. The molecule has 0 radical (unpaired) electrons. The minimum absolute atomic E-state index is 0.0261. The Bertz CT molecular complexity index is 963. The zero-order chi connectivity index (χ0) is 20.8. The van der Waals surface area contributed by atoms with Crippen LogP contribution in [0.15, 0.2) is 66.0 Å². The highest BCUT2D eigenvalue weighted by molar-refractivity contribution is 7.10. The van der Waals surface area contributed by atoms with Gasteiger partial charge < -0.3 is 5.32 Å². The van der Waals surface area contributed by atoms with Gasteiger partial charge in [0, 0.05) is 16.1 Å². The molecule has 4 nitrogen and oxygen atoms in total. The van der Waals surface area contributed by atoms with Gasteiger partial charge in [0.2, 0.25) is 5.91 Å². The van der Waals surface area contributed by atoms with Gasteiger partial charge in [-0.25, -0.2) is 0 Å². The fraction of sp³-hybridized carbons (Fsp3) is 0.250. The lowest BCUT2D eigenvalue weighted by Crippen LogP contribution is -2.31. The summed E-state index contributed by atoms with van der Waals surface area (Å²) in [4.78, 5) is 25.2. The molecule has 0 aliphatic heterocycles. The van der Waals surface area contributed by atoms with Crippen LogP contribution in [0.1, 0.15) is 59.1 Å². The maximum absolute atomic E-state index is 12.5. The van der Waals surface area contributed by atoms with E-state index in [0.717, 1.165) is 10.4 Å². The van der Waals surface area contributed by atoms with Gasteiger partial charge in [0.05, 0.1) is 12.6 Å². The molecule has 0 aliphatic carbocycles. The van der Waals surface area contributed by atoms with Gasteiger partial charge in [-0.3, -0.25) is 14.9 Å². The number of rotatable bonds is 8. The van der Waals surface area contributed by atoms with Crippen molar-refractivity contribution in [2.24, 2.45) is 0 Å². The molecule has 0 saturated heterocycles. The van der Waals surface area contributed by atoms with Crippen molar-refractivity contribution < 1.29 is 9.59 Å². The van der Waals surface area contributed by atoms with Crippen molar-refractivity contribution in [3.05, 3.63) is 87.6 Å². The van der Waals surface area contributed by atoms with Crippen LogP contribution in [-0.4, -0.2) is 18.2 Å². The number of anilines is 1. The highest BCUT2D eigenvalue weighted by Gasteiger charge is 2.17. The van der Waals surface area contributed by atoms with Crippen LogP contribution in [-0.2, 0) is 4.79 Å². The molecule has 0 unspecified atom stereocenters. The SMILES string of the molecule is CC(=O)c1cccc(NC(=O)CN[C@@H](c2ccc(C(C)C)cc2)c2cccs2)c1. The summed E-state index contributed by atoms with van der Waals surface area (Å²) in [7, 11) is 0. The van der Waals surface area contributed by atoms with Gasteiger partial charge in [0.15, 0.2) is 5.78 Å². The molecule has 0 saturated carbocycles. The van der Waals surface area contributed by atoms with Crippen LogP contribution >= 0.6 is 11.3 Å². The van der Waals surface area contributed by atoms with Crippen LogP contribution in [0.4, 0.5) is 5.69 Å². The van der Waals surface area contributed by atoms with Gasteiger partial charge in [0.1, 0.15) is 0 Å². The van der Waals surface area contributed by atoms with E-state index in [-0.39, 0.29) is 24.3 Å². The quantitative estimate of drug-likeness (QED) is 0.493. The molecule has 3 rings (SSSR count). The standard InChI is InChI=1S/C24H26N2O2S/c1-16(2)18-9-11-19(12-10-18)24(22-8-5-13-29-22)25-15-23(28)26-21-7-4-6-20(14-21)17(3)27/h4-14,16,24-25H,15H2,1-3H3,(H,26,28)/t24-/m0/s1. The number of hydrogen-bond acceptors (Lipinski definition) is 4. The molecule has 0 aliphatic rings. The molecule has 3 aromatic rings. The van der Waals surface area contributed by atoms with E-state index in [9.17, 15) is 9.59 Å². The molecular weight excluding hydrogens is 380 g/mol. The normalized spacial score (nSPS) is 12.0. The van der Waals surface area contributed by atoms with E-state index < -0.39 is 0 Å². The van der Waals surface area contributed by atoms with Crippen molar-refractivity contribution in [2.75, 3.05) is 11.9 Å². The molecule has 1 aromatic heterocycles. The van der Waals surface area contributed by atoms with Crippen LogP contribution in [0, 0.1) is 0 Å². The summed E-state index contributed by atoms with van der Waals surface area (Å²) in [6.07, 6.45) is 0. The summed E-state index contributed by atoms with van der Waals surface area (Å²) in [6.45, 7) is 6.03. The fourth-order valence-electron chi connectivity index (χ4n) is 3.13. The summed E-state index contributed by atoms with van der Waals surface area (Å²) in [5, 5.41) is 8.28. The number of Topliss-reactive ketones (excluding diaryl/α,β-unsaturated/α-hetero) is 1. The second-order valence-electron chi connectivity index (χ2n) is 7.34. The lowest BCUT2D eigenvalue weighted by Gasteiger charge is -2.19. The van der Waals surface area contributed by atoms with Crippen LogP contribution < -0.4 is 10.6 Å². The maximum Gasteiger partial charge on any atom is 0.238 e. The van der Waals surface area contributed by atoms with Crippen molar-refractivity contribution in [1.29, 1.82) is 0 Å². The minimum Gasteiger partial charge on any atom is -0.325 e. The number of nitrogens with one attached hydrogen (secondary N) is 2. The molecule has 1 heterocycles. The first-order valence-electron chi connectivity index (χ1n) is 9.71. The van der Waals surface area contributed by atoms with Gasteiger partial charge in [-0.1, -0.05) is 56.3 Å². The topological polar surface area (TPSA) is 58.2 Å². The van der Waals surface area contributed by atoms with Crippen LogP contribution in [0.5, 0.6) is 0 Å². The number of hydrogen-bond donors (Lipinski definition) is 2. The Morgan fingerprint density at radius 1 is 0.966 bits per heavy atom. The molecule has 0 fully saturated rings. The van der Waals surface area contributed by atoms with Gasteiger partial charge >= 0.3 is 0 Å². The molecular formula is C24H26N2O2S. The summed E-state index contributed by atoms with van der Waals surface area (Å²) >= 11 is 1.67. The van der Waals surface area contributed by atoms with E-state index >= 15 is 0 Å². The lowest BCUT2D eigenvalue weighted by atomic mass is 9.98. The summed E-state index contributed by atoms with van der Waals surface area (Å²) in [5.41, 5.74) is 3.63. The molecule has 150 valence electrons. The van der Waals surface area contributed by atoms with E-state index in [1.54, 1.807) is 35.6 Å². The van der Waals surface area contributed by atoms with Gasteiger partial charge in [0.25, 0.3) is 0 Å². The van der Waals surface area contributed by atoms with E-state index in [2.05, 4.69) is 54.8 Å². The molecule has 1 atom stereocenters. The first-order valence-corrected chi connectivity index (χ1v) is 10.6. The highest BCUT2D eigenvalue weighted by atomic mass is 32.1. The Balaban J connectivity index is 1.69. The number of carbonyl (C=O) groups excluding carboxylic acids is 2. The van der Waals surface area contributed by atoms with Crippen molar-refractivity contribution in [1.82, 2.24) is 5.32 Å². The van der Waals surface area contributed by atoms with Crippen LogP contribution in [0.3, 0.4) is 0 Å². The van der Waals surface area contributed by atoms with Gasteiger partial charge in [-0.05, 0) is 47.5 Å². The number of thiophene rings is 1. The number of amides is 1. The number of ketones is 1. The first-order chi connectivity index (χ1) is 13.9. The number of benzene rings is 2. The molecule has 2 N–H and O–H groups in total. The molecule has 1 amide bonds. The summed E-state index contributed by atoms with van der Waals surface area (Å²) < 4.78 is 0. The molecule has 0 spiro atoms. The lowest BCUT2D eigenvalue weighted by molar-refractivity contribution is -0.115. The number of carbonyl (C=O) groups is 2. The van der Waals surface area contributed by atoms with E-state index in [1.165, 1.54) is 12.5 Å². The first kappa shape index (κ1) is 21.0. The zero-order valence-electron chi connectivity index (χ0n) is 16.9. The average molecular weight is 407 g/mol. The van der Waals surface area contributed by atoms with Crippen LogP contribution in [0.25, 0.3) is 0 Å². The monoisotopic (exact) mass is 406 g/mol. The predicted octanol–water partition coefficient (Wildman–Crippen LogP) is 5.39. The van der Waals surface area contributed by atoms with Crippen molar-refractivity contribution in [2.45, 2.75) is 32.7 Å². The Morgan fingerprint density at radius 2 is 1.69 bits per heavy atom. The Hall–Kier alpha value is -2.76. The maximum atomic E-state index is 12.5. The third-order valence-electron chi connectivity index (χ3n) is 4.78. The van der Waals surface area contributed by atoms with Gasteiger partial charge in [-0.15, -0.1) is 11.3 Å². The van der Waals surface area contributed by atoms with Crippen LogP contribution in [0.2, 0.25) is 0 Å². The Kier molecular flexibility index (Phi) is 6.96. The van der Waals surface area contributed by atoms with E-state index in [1.807, 2.05) is 11.4 Å².